The fraction of sp³-hybridized carbons (Fsp3) is 0.529. The summed E-state index contributed by atoms with van der Waals surface area (Å²) in [6.45, 7) is 4.45. The molecule has 2 rings (SSSR count). The van der Waals surface area contributed by atoms with Crippen molar-refractivity contribution in [1.82, 2.24) is 9.80 Å². The number of hydrogen-bond acceptors (Lipinski definition) is 2. The Kier molecular flexibility index (Phi) is 5.92. The Bertz CT molecular complexity index is 508. The minimum atomic E-state index is -0.296. The lowest BCUT2D eigenvalue weighted by Crippen LogP contribution is -2.50. The summed E-state index contributed by atoms with van der Waals surface area (Å²) in [7, 11) is 0. The number of carbonyl (C=O) groups excluding carboxylic acids is 2. The molecule has 0 atom stereocenters. The molecular formula is C17H23FN2O2. The van der Waals surface area contributed by atoms with Crippen LogP contribution in [0.1, 0.15) is 31.7 Å². The van der Waals surface area contributed by atoms with E-state index in [0.29, 0.717) is 32.6 Å². The van der Waals surface area contributed by atoms with Crippen molar-refractivity contribution in [3.63, 3.8) is 0 Å². The van der Waals surface area contributed by atoms with Gasteiger partial charge in [0.15, 0.2) is 0 Å². The molecule has 1 aromatic rings. The smallest absolute Gasteiger partial charge is 0.227 e. The van der Waals surface area contributed by atoms with Crippen LogP contribution in [0.5, 0.6) is 0 Å². The number of halogens is 1. The van der Waals surface area contributed by atoms with E-state index in [9.17, 15) is 14.0 Å². The van der Waals surface area contributed by atoms with Crippen LogP contribution in [0.25, 0.3) is 0 Å². The molecule has 0 bridgehead atoms. The third-order valence-electron chi connectivity index (χ3n) is 4.00. The number of rotatable bonds is 5. The van der Waals surface area contributed by atoms with Crippen LogP contribution in [0, 0.1) is 5.82 Å². The molecule has 0 saturated carbocycles. The second-order valence-electron chi connectivity index (χ2n) is 5.67. The largest absolute Gasteiger partial charge is 0.339 e. The molecule has 1 aliphatic heterocycles. The summed E-state index contributed by atoms with van der Waals surface area (Å²) in [5.74, 6) is -0.0739. The van der Waals surface area contributed by atoms with Crippen molar-refractivity contribution in [3.8, 4) is 0 Å². The maximum Gasteiger partial charge on any atom is 0.227 e. The van der Waals surface area contributed by atoms with Crippen LogP contribution < -0.4 is 0 Å². The van der Waals surface area contributed by atoms with Gasteiger partial charge in [-0.25, -0.2) is 4.39 Å². The third-order valence-corrected chi connectivity index (χ3v) is 4.00. The van der Waals surface area contributed by atoms with E-state index in [0.717, 1.165) is 18.4 Å². The number of unbranched alkanes of at least 4 members (excludes halogenated alkanes) is 1. The Morgan fingerprint density at radius 1 is 1.00 bits per heavy atom. The number of benzene rings is 1. The fourth-order valence-electron chi connectivity index (χ4n) is 2.58. The summed E-state index contributed by atoms with van der Waals surface area (Å²) >= 11 is 0. The van der Waals surface area contributed by atoms with Crippen molar-refractivity contribution in [2.45, 2.75) is 32.6 Å². The van der Waals surface area contributed by atoms with Crippen LogP contribution in [0.3, 0.4) is 0 Å². The summed E-state index contributed by atoms with van der Waals surface area (Å²) in [5, 5.41) is 0. The Balaban J connectivity index is 1.79. The summed E-state index contributed by atoms with van der Waals surface area (Å²) in [5.41, 5.74) is 0.813. The van der Waals surface area contributed by atoms with Crippen molar-refractivity contribution >= 4 is 11.8 Å². The highest BCUT2D eigenvalue weighted by molar-refractivity contribution is 5.80. The van der Waals surface area contributed by atoms with Gasteiger partial charge in [-0.1, -0.05) is 25.5 Å². The molecule has 0 spiro atoms. The molecule has 120 valence electrons. The summed E-state index contributed by atoms with van der Waals surface area (Å²) in [4.78, 5) is 27.8. The van der Waals surface area contributed by atoms with Crippen LogP contribution in [-0.2, 0) is 16.0 Å². The van der Waals surface area contributed by atoms with E-state index in [2.05, 4.69) is 6.92 Å². The van der Waals surface area contributed by atoms with Gasteiger partial charge in [0.25, 0.3) is 0 Å². The maximum atomic E-state index is 12.9. The minimum Gasteiger partial charge on any atom is -0.339 e. The number of carbonyl (C=O) groups is 2. The predicted octanol–water partition coefficient (Wildman–Crippen LogP) is 2.23. The lowest BCUT2D eigenvalue weighted by molar-refractivity contribution is -0.139. The molecule has 1 aliphatic rings. The van der Waals surface area contributed by atoms with Crippen LogP contribution in [0.15, 0.2) is 24.3 Å². The monoisotopic (exact) mass is 306 g/mol. The second kappa shape index (κ2) is 7.92. The molecule has 1 aromatic carbocycles. The van der Waals surface area contributed by atoms with E-state index < -0.39 is 0 Å². The Hall–Kier alpha value is -1.91. The lowest BCUT2D eigenvalue weighted by Gasteiger charge is -2.35. The summed E-state index contributed by atoms with van der Waals surface area (Å²) in [6, 6.07) is 6.01. The first-order valence-electron chi connectivity index (χ1n) is 7.90. The second-order valence-corrected chi connectivity index (χ2v) is 5.67. The van der Waals surface area contributed by atoms with Crippen molar-refractivity contribution in [3.05, 3.63) is 35.6 Å². The molecular weight excluding hydrogens is 283 g/mol. The number of amides is 2. The van der Waals surface area contributed by atoms with Gasteiger partial charge >= 0.3 is 0 Å². The molecule has 0 unspecified atom stereocenters. The van der Waals surface area contributed by atoms with Crippen LogP contribution >= 0.6 is 0 Å². The zero-order valence-corrected chi connectivity index (χ0v) is 13.1. The molecule has 1 saturated heterocycles. The highest BCUT2D eigenvalue weighted by atomic mass is 19.1. The average molecular weight is 306 g/mol. The molecule has 1 fully saturated rings. The highest BCUT2D eigenvalue weighted by Crippen LogP contribution is 2.10. The van der Waals surface area contributed by atoms with Crippen LogP contribution in [0.2, 0.25) is 0 Å². The Morgan fingerprint density at radius 2 is 1.55 bits per heavy atom. The van der Waals surface area contributed by atoms with Crippen molar-refractivity contribution in [1.29, 1.82) is 0 Å². The molecule has 2 amide bonds. The van der Waals surface area contributed by atoms with Crippen molar-refractivity contribution in [2.24, 2.45) is 0 Å². The molecule has 0 aromatic heterocycles. The van der Waals surface area contributed by atoms with E-state index in [4.69, 9.17) is 0 Å². The van der Waals surface area contributed by atoms with Crippen LogP contribution in [0.4, 0.5) is 4.39 Å². The van der Waals surface area contributed by atoms with Gasteiger partial charge in [-0.15, -0.1) is 0 Å². The molecule has 0 radical (unpaired) electrons. The standard InChI is InChI=1S/C17H23FN2O2/c1-2-3-4-16(21)19-9-11-20(12-10-19)17(22)13-14-5-7-15(18)8-6-14/h5-8H,2-4,9-13H2,1H3. The molecule has 4 nitrogen and oxygen atoms in total. The van der Waals surface area contributed by atoms with E-state index in [1.807, 2.05) is 4.90 Å². The topological polar surface area (TPSA) is 40.6 Å². The first kappa shape index (κ1) is 16.5. The van der Waals surface area contributed by atoms with Gasteiger partial charge in [-0.3, -0.25) is 9.59 Å². The van der Waals surface area contributed by atoms with Gasteiger partial charge in [0.2, 0.25) is 11.8 Å². The lowest BCUT2D eigenvalue weighted by atomic mass is 10.1. The summed E-state index contributed by atoms with van der Waals surface area (Å²) in [6.07, 6.45) is 2.81. The molecule has 5 heteroatoms. The molecule has 0 N–H and O–H groups in total. The Labute approximate surface area is 130 Å². The minimum absolute atomic E-state index is 0.0345. The first-order valence-corrected chi connectivity index (χ1v) is 7.90. The average Bonchev–Trinajstić information content (AvgIpc) is 2.55. The van der Waals surface area contributed by atoms with Gasteiger partial charge < -0.3 is 9.80 Å². The zero-order valence-electron chi connectivity index (χ0n) is 13.1. The highest BCUT2D eigenvalue weighted by Gasteiger charge is 2.23. The summed E-state index contributed by atoms with van der Waals surface area (Å²) < 4.78 is 12.9. The predicted molar refractivity (Wildman–Crippen MR) is 82.8 cm³/mol. The SMILES string of the molecule is CCCCC(=O)N1CCN(C(=O)Cc2ccc(F)cc2)CC1. The van der Waals surface area contributed by atoms with Gasteiger partial charge in [-0.2, -0.15) is 0 Å². The quantitative estimate of drug-likeness (QED) is 0.837. The fourth-order valence-corrected chi connectivity index (χ4v) is 2.58. The Morgan fingerprint density at radius 3 is 2.09 bits per heavy atom. The normalized spacial score (nSPS) is 15.0. The molecule has 22 heavy (non-hydrogen) atoms. The zero-order chi connectivity index (χ0) is 15.9. The third kappa shape index (κ3) is 4.55. The first-order chi connectivity index (χ1) is 10.6. The number of hydrogen-bond donors (Lipinski definition) is 0. The van der Waals surface area contributed by atoms with Gasteiger partial charge in [0.1, 0.15) is 5.82 Å². The molecule has 0 aliphatic carbocycles. The van der Waals surface area contributed by atoms with E-state index >= 15 is 0 Å². The van der Waals surface area contributed by atoms with Gasteiger partial charge in [0, 0.05) is 32.6 Å². The van der Waals surface area contributed by atoms with Crippen molar-refractivity contribution < 1.29 is 14.0 Å². The maximum absolute atomic E-state index is 12.9. The molecule has 1 heterocycles. The number of piperazine rings is 1. The number of nitrogens with zero attached hydrogens (tertiary/aromatic N) is 2. The van der Waals surface area contributed by atoms with E-state index in [1.165, 1.54) is 12.1 Å². The van der Waals surface area contributed by atoms with Gasteiger partial charge in [0.05, 0.1) is 6.42 Å². The van der Waals surface area contributed by atoms with E-state index in [-0.39, 0.29) is 24.1 Å². The van der Waals surface area contributed by atoms with Crippen molar-refractivity contribution in [2.75, 3.05) is 26.2 Å². The van der Waals surface area contributed by atoms with E-state index in [1.54, 1.807) is 17.0 Å². The van der Waals surface area contributed by atoms with Gasteiger partial charge in [-0.05, 0) is 24.1 Å². The van der Waals surface area contributed by atoms with Crippen LogP contribution in [-0.4, -0.2) is 47.8 Å².